The van der Waals surface area contributed by atoms with Gasteiger partial charge in [-0.1, -0.05) is 6.07 Å². The van der Waals surface area contributed by atoms with Gasteiger partial charge in [0.25, 0.3) is 0 Å². The maximum absolute atomic E-state index is 13.2. The molecule has 0 bridgehead atoms. The van der Waals surface area contributed by atoms with Gasteiger partial charge in [0.1, 0.15) is 5.75 Å². The van der Waals surface area contributed by atoms with Gasteiger partial charge in [-0.3, -0.25) is 9.69 Å². The number of ether oxygens (including phenoxy) is 3. The zero-order valence-electron chi connectivity index (χ0n) is 21.5. The van der Waals surface area contributed by atoms with E-state index in [1.165, 1.54) is 9.87 Å². The summed E-state index contributed by atoms with van der Waals surface area (Å²) in [6.07, 6.45) is 1.09. The van der Waals surface area contributed by atoms with Crippen LogP contribution in [0.5, 0.6) is 17.2 Å². The van der Waals surface area contributed by atoms with Crippen molar-refractivity contribution in [2.75, 3.05) is 52.7 Å². The molecule has 5 rings (SSSR count). The Labute approximate surface area is 218 Å². The summed E-state index contributed by atoms with van der Waals surface area (Å²) in [5.74, 6) is 2.29. The zero-order valence-corrected chi connectivity index (χ0v) is 22.3. The summed E-state index contributed by atoms with van der Waals surface area (Å²) < 4.78 is 44.3. The highest BCUT2D eigenvalue weighted by Crippen LogP contribution is 2.33. The number of hydrogen-bond donors (Lipinski definition) is 0. The van der Waals surface area contributed by atoms with E-state index in [1.54, 1.807) is 18.2 Å². The molecule has 2 aromatic carbocycles. The number of hydrogen-bond acceptors (Lipinski definition) is 7. The van der Waals surface area contributed by atoms with Crippen LogP contribution in [-0.2, 0) is 21.4 Å². The number of amides is 1. The highest BCUT2D eigenvalue weighted by Gasteiger charge is 2.35. The number of carbonyl (C=O) groups is 1. The molecule has 37 heavy (non-hydrogen) atoms. The van der Waals surface area contributed by atoms with E-state index in [1.807, 2.05) is 30.9 Å². The van der Waals surface area contributed by atoms with E-state index in [-0.39, 0.29) is 23.5 Å². The van der Waals surface area contributed by atoms with Gasteiger partial charge in [0.15, 0.2) is 11.5 Å². The van der Waals surface area contributed by atoms with E-state index in [0.717, 1.165) is 36.7 Å². The van der Waals surface area contributed by atoms with E-state index in [9.17, 15) is 13.2 Å². The van der Waals surface area contributed by atoms with Crippen LogP contribution in [0.4, 0.5) is 0 Å². The quantitative estimate of drug-likeness (QED) is 0.545. The van der Waals surface area contributed by atoms with Crippen LogP contribution < -0.4 is 14.2 Å². The Kier molecular flexibility index (Phi) is 7.60. The van der Waals surface area contributed by atoms with Gasteiger partial charge in [0, 0.05) is 51.7 Å². The molecule has 0 unspecified atom stereocenters. The Balaban J connectivity index is 1.11. The molecule has 0 aliphatic carbocycles. The summed E-state index contributed by atoms with van der Waals surface area (Å²) in [5, 5.41) is 0. The topological polar surface area (TPSA) is 88.6 Å². The zero-order chi connectivity index (χ0) is 26.0. The molecule has 2 aromatic rings. The summed E-state index contributed by atoms with van der Waals surface area (Å²) in [5.41, 5.74) is 1.96. The molecule has 9 nitrogen and oxygen atoms in total. The van der Waals surface area contributed by atoms with Crippen molar-refractivity contribution in [2.24, 2.45) is 5.92 Å². The summed E-state index contributed by atoms with van der Waals surface area (Å²) >= 11 is 0. The third-order valence-electron chi connectivity index (χ3n) is 7.41. The number of nitrogens with zero attached hydrogens (tertiary/aromatic N) is 3. The SMILES string of the molecule is CCOc1ccc(S(=O)(=O)N2CCC(C(=O)N3CCN(Cc4ccc5c(c4)OCO5)CC3)CC2)cc1C. The predicted molar refractivity (Wildman–Crippen MR) is 138 cm³/mol. The smallest absolute Gasteiger partial charge is 0.243 e. The second-order valence-corrected chi connectivity index (χ2v) is 11.8. The van der Waals surface area contributed by atoms with Crippen LogP contribution in [-0.4, -0.2) is 81.1 Å². The van der Waals surface area contributed by atoms with Crippen molar-refractivity contribution in [2.45, 2.75) is 38.1 Å². The van der Waals surface area contributed by atoms with Crippen molar-refractivity contribution >= 4 is 15.9 Å². The van der Waals surface area contributed by atoms with Crippen molar-refractivity contribution in [3.8, 4) is 17.2 Å². The van der Waals surface area contributed by atoms with Gasteiger partial charge in [-0.15, -0.1) is 0 Å². The van der Waals surface area contributed by atoms with Crippen LogP contribution in [0.3, 0.4) is 0 Å². The molecule has 2 fully saturated rings. The lowest BCUT2D eigenvalue weighted by Crippen LogP contribution is -2.51. The van der Waals surface area contributed by atoms with E-state index >= 15 is 0 Å². The lowest BCUT2D eigenvalue weighted by molar-refractivity contribution is -0.138. The molecule has 0 aromatic heterocycles. The van der Waals surface area contributed by atoms with Gasteiger partial charge in [-0.05, 0) is 68.1 Å². The number of piperazine rings is 1. The average molecular weight is 530 g/mol. The first-order valence-corrected chi connectivity index (χ1v) is 14.4. The Morgan fingerprint density at radius 1 is 0.973 bits per heavy atom. The second-order valence-electron chi connectivity index (χ2n) is 9.83. The van der Waals surface area contributed by atoms with Crippen molar-refractivity contribution in [3.05, 3.63) is 47.5 Å². The molecule has 3 heterocycles. The van der Waals surface area contributed by atoms with E-state index in [0.29, 0.717) is 51.4 Å². The summed E-state index contributed by atoms with van der Waals surface area (Å²) in [4.78, 5) is 17.8. The van der Waals surface area contributed by atoms with E-state index in [4.69, 9.17) is 14.2 Å². The molecule has 1 amide bonds. The van der Waals surface area contributed by atoms with E-state index in [2.05, 4.69) is 11.0 Å². The maximum atomic E-state index is 13.2. The van der Waals surface area contributed by atoms with Crippen LogP contribution in [0.2, 0.25) is 0 Å². The normalized spacial score (nSPS) is 19.2. The van der Waals surface area contributed by atoms with Crippen LogP contribution in [0.1, 0.15) is 30.9 Å². The molecule has 200 valence electrons. The number of carbonyl (C=O) groups excluding carboxylic acids is 1. The minimum Gasteiger partial charge on any atom is -0.494 e. The van der Waals surface area contributed by atoms with Gasteiger partial charge in [0.2, 0.25) is 22.7 Å². The molecule has 3 aliphatic heterocycles. The highest BCUT2D eigenvalue weighted by atomic mass is 32.2. The third-order valence-corrected chi connectivity index (χ3v) is 9.31. The number of piperidine rings is 1. The number of sulfonamides is 1. The highest BCUT2D eigenvalue weighted by molar-refractivity contribution is 7.89. The summed E-state index contributed by atoms with van der Waals surface area (Å²) in [6.45, 7) is 9.06. The van der Waals surface area contributed by atoms with E-state index < -0.39 is 10.0 Å². The Bertz CT molecular complexity index is 1230. The largest absolute Gasteiger partial charge is 0.494 e. The van der Waals surface area contributed by atoms with Crippen molar-refractivity contribution in [3.63, 3.8) is 0 Å². The molecule has 0 spiro atoms. The predicted octanol–water partition coefficient (Wildman–Crippen LogP) is 2.87. The van der Waals surface area contributed by atoms with Gasteiger partial charge in [-0.25, -0.2) is 8.42 Å². The number of aryl methyl sites for hydroxylation is 1. The standard InChI is InChI=1S/C27H35N3O6S/c1-3-34-24-7-5-23(16-20(24)2)37(32,33)30-10-8-22(9-11-30)27(31)29-14-12-28(13-15-29)18-21-4-6-25-26(17-21)36-19-35-25/h4-7,16-17,22H,3,8-15,18-19H2,1-2H3. The molecule has 10 heteroatoms. The molecule has 3 aliphatic rings. The molecule has 0 saturated carbocycles. The minimum atomic E-state index is -3.60. The van der Waals surface area contributed by atoms with Gasteiger partial charge >= 0.3 is 0 Å². The van der Waals surface area contributed by atoms with Gasteiger partial charge in [0.05, 0.1) is 11.5 Å². The van der Waals surface area contributed by atoms with Crippen LogP contribution in [0, 0.1) is 12.8 Å². The number of benzene rings is 2. The first-order valence-electron chi connectivity index (χ1n) is 13.0. The first-order chi connectivity index (χ1) is 17.8. The third kappa shape index (κ3) is 5.56. The number of fused-ring (bicyclic) bond motifs is 1. The van der Waals surface area contributed by atoms with Gasteiger partial charge in [-0.2, -0.15) is 4.31 Å². The molecule has 2 saturated heterocycles. The Morgan fingerprint density at radius 2 is 1.70 bits per heavy atom. The summed E-state index contributed by atoms with van der Waals surface area (Å²) in [7, 11) is -3.60. The minimum absolute atomic E-state index is 0.131. The fourth-order valence-corrected chi connectivity index (χ4v) is 6.83. The Morgan fingerprint density at radius 3 is 2.41 bits per heavy atom. The maximum Gasteiger partial charge on any atom is 0.243 e. The van der Waals surface area contributed by atoms with Crippen molar-refractivity contribution < 1.29 is 27.4 Å². The fraction of sp³-hybridized carbons (Fsp3) is 0.519. The monoisotopic (exact) mass is 529 g/mol. The number of rotatable bonds is 7. The lowest BCUT2D eigenvalue weighted by Gasteiger charge is -2.38. The van der Waals surface area contributed by atoms with Crippen molar-refractivity contribution in [1.82, 2.24) is 14.1 Å². The molecular weight excluding hydrogens is 494 g/mol. The molecule has 0 atom stereocenters. The summed E-state index contributed by atoms with van der Waals surface area (Å²) in [6, 6.07) is 11.0. The molecular formula is C27H35N3O6S. The fourth-order valence-electron chi connectivity index (χ4n) is 5.27. The average Bonchev–Trinajstić information content (AvgIpc) is 3.38. The molecule has 0 radical (unpaired) electrons. The second kappa shape index (κ2) is 10.9. The first kappa shape index (κ1) is 25.8. The van der Waals surface area contributed by atoms with Gasteiger partial charge < -0.3 is 19.1 Å². The Hall–Kier alpha value is -2.82. The van der Waals surface area contributed by atoms with Crippen molar-refractivity contribution in [1.29, 1.82) is 0 Å². The van der Waals surface area contributed by atoms with Crippen LogP contribution >= 0.6 is 0 Å². The van der Waals surface area contributed by atoms with Crippen LogP contribution in [0.25, 0.3) is 0 Å². The lowest BCUT2D eigenvalue weighted by atomic mass is 9.96. The van der Waals surface area contributed by atoms with Crippen LogP contribution in [0.15, 0.2) is 41.3 Å². The molecule has 0 N–H and O–H groups in total.